The minimum atomic E-state index is 0.336. The second kappa shape index (κ2) is 4.39. The van der Waals surface area contributed by atoms with Crippen LogP contribution in [-0.4, -0.2) is 17.3 Å². The van der Waals surface area contributed by atoms with Gasteiger partial charge in [0.2, 0.25) is 0 Å². The first-order valence-electron chi connectivity index (χ1n) is 2.45. The molecule has 0 atom stereocenters. The summed E-state index contributed by atoms with van der Waals surface area (Å²) in [6.07, 6.45) is 0. The molecule has 0 aliphatic heterocycles. The third kappa shape index (κ3) is 4.66. The largest absolute Gasteiger partial charge is 0.339 e. The summed E-state index contributed by atoms with van der Waals surface area (Å²) in [5.41, 5.74) is 0. The van der Waals surface area contributed by atoms with Crippen molar-refractivity contribution in [2.24, 2.45) is 4.90 Å². The number of rotatable bonds is 2. The lowest BCUT2D eigenvalue weighted by Gasteiger charge is -1.91. The van der Waals surface area contributed by atoms with Gasteiger partial charge in [-0.05, 0) is 15.9 Å². The molecule has 0 N–H and O–H groups in total. The summed E-state index contributed by atoms with van der Waals surface area (Å²) in [6, 6.07) is 0. The lowest BCUT2D eigenvalue weighted by atomic mass is 9.70. The summed E-state index contributed by atoms with van der Waals surface area (Å²) in [4.78, 5) is 4.10. The zero-order valence-corrected chi connectivity index (χ0v) is 7.33. The Morgan fingerprint density at radius 1 is 1.75 bits per heavy atom. The molecule has 0 aromatic rings. The number of alkyl halides is 1. The maximum atomic E-state index is 5.42. The molecule has 0 heterocycles. The van der Waals surface area contributed by atoms with Gasteiger partial charge in [0.1, 0.15) is 0 Å². The molecule has 0 fully saturated rings. The molecule has 0 saturated carbocycles. The Labute approximate surface area is 63.7 Å². The van der Waals surface area contributed by atoms with Gasteiger partial charge in [0.25, 0.3) is 6.85 Å². The molecule has 0 aliphatic rings. The van der Waals surface area contributed by atoms with Crippen LogP contribution in [0.25, 0.3) is 0 Å². The number of nitrogens with zero attached hydrogens (tertiary/aromatic N) is 1. The third-order valence-corrected chi connectivity index (χ3v) is 1.57. The molecular formula is C4H8BBrClN. The molecule has 0 saturated heterocycles. The average molecular weight is 196 g/mol. The molecule has 0 aliphatic carbocycles. The Morgan fingerprint density at radius 2 is 2.25 bits per heavy atom. The van der Waals surface area contributed by atoms with Crippen molar-refractivity contribution in [3.63, 3.8) is 0 Å². The fourth-order valence-corrected chi connectivity index (χ4v) is 0.793. The average Bonchev–Trinajstić information content (AvgIpc) is 1.65. The summed E-state index contributed by atoms with van der Waals surface area (Å²) >= 11 is 8.61. The van der Waals surface area contributed by atoms with Gasteiger partial charge in [-0.1, -0.05) is 13.6 Å². The maximum Gasteiger partial charge on any atom is 0.274 e. The molecule has 0 unspecified atom stereocenters. The molecule has 8 heavy (non-hydrogen) atoms. The van der Waals surface area contributed by atoms with Crippen LogP contribution in [0.3, 0.4) is 0 Å². The second-order valence-electron chi connectivity index (χ2n) is 1.73. The first kappa shape index (κ1) is 8.50. The van der Waals surface area contributed by atoms with E-state index < -0.39 is 0 Å². The standard InChI is InChI=1S/C4H8BBrClN/c1-5(2)8-4(6)3-7/h3H2,1-2H3/b8-4-. The van der Waals surface area contributed by atoms with E-state index in [1.807, 2.05) is 13.6 Å². The van der Waals surface area contributed by atoms with Crippen LogP contribution in [0.1, 0.15) is 0 Å². The molecule has 0 amide bonds. The van der Waals surface area contributed by atoms with Gasteiger partial charge >= 0.3 is 0 Å². The summed E-state index contributed by atoms with van der Waals surface area (Å²) in [5, 5.41) is 0. The fraction of sp³-hybridized carbons (Fsp3) is 0.750. The third-order valence-electron chi connectivity index (χ3n) is 0.509. The van der Waals surface area contributed by atoms with Crippen LogP contribution in [-0.2, 0) is 0 Å². The molecular weight excluding hydrogens is 188 g/mol. The van der Waals surface area contributed by atoms with Gasteiger partial charge in [-0.2, -0.15) is 0 Å². The monoisotopic (exact) mass is 195 g/mol. The Balaban J connectivity index is 3.56. The van der Waals surface area contributed by atoms with Crippen LogP contribution in [0, 0.1) is 0 Å². The molecule has 46 valence electrons. The SMILES string of the molecule is CB(C)/N=C(\Br)CCl. The van der Waals surface area contributed by atoms with Gasteiger partial charge in [0, 0.05) is 0 Å². The van der Waals surface area contributed by atoms with Gasteiger partial charge in [-0.3, -0.25) is 0 Å². The molecule has 0 bridgehead atoms. The molecule has 4 heteroatoms. The first-order valence-corrected chi connectivity index (χ1v) is 3.77. The molecule has 0 radical (unpaired) electrons. The Kier molecular flexibility index (Phi) is 4.67. The van der Waals surface area contributed by atoms with Gasteiger partial charge in [0.05, 0.1) is 10.5 Å². The van der Waals surface area contributed by atoms with E-state index >= 15 is 0 Å². The van der Waals surface area contributed by atoms with Crippen LogP contribution >= 0.6 is 27.5 Å². The number of hydrogen-bond acceptors (Lipinski definition) is 1. The highest BCUT2D eigenvalue weighted by atomic mass is 79.9. The van der Waals surface area contributed by atoms with Gasteiger partial charge in [-0.25, -0.2) is 0 Å². The van der Waals surface area contributed by atoms with E-state index in [2.05, 4.69) is 20.8 Å². The van der Waals surface area contributed by atoms with Crippen molar-refractivity contribution in [2.75, 3.05) is 5.88 Å². The normalized spacial score (nSPS) is 11.8. The predicted molar refractivity (Wildman–Crippen MR) is 44.6 cm³/mol. The zero-order valence-electron chi connectivity index (χ0n) is 4.99. The van der Waals surface area contributed by atoms with E-state index in [0.717, 1.165) is 4.62 Å². The highest BCUT2D eigenvalue weighted by Crippen LogP contribution is 1.94. The van der Waals surface area contributed by atoms with E-state index in [-0.39, 0.29) is 0 Å². The van der Waals surface area contributed by atoms with Gasteiger partial charge in [0.15, 0.2) is 0 Å². The quantitative estimate of drug-likeness (QED) is 0.365. The van der Waals surface area contributed by atoms with Crippen LogP contribution in [0.4, 0.5) is 0 Å². The van der Waals surface area contributed by atoms with E-state index in [4.69, 9.17) is 11.6 Å². The molecule has 0 aromatic heterocycles. The minimum absolute atomic E-state index is 0.336. The molecule has 0 aromatic carbocycles. The van der Waals surface area contributed by atoms with Crippen molar-refractivity contribution in [1.82, 2.24) is 0 Å². The van der Waals surface area contributed by atoms with Crippen molar-refractivity contribution >= 4 is 39.0 Å². The van der Waals surface area contributed by atoms with Crippen molar-refractivity contribution in [3.8, 4) is 0 Å². The summed E-state index contributed by atoms with van der Waals surface area (Å²) in [5.74, 6) is 0.470. The smallest absolute Gasteiger partial charge is 0.274 e. The topological polar surface area (TPSA) is 12.4 Å². The zero-order chi connectivity index (χ0) is 6.57. The van der Waals surface area contributed by atoms with E-state index in [1.165, 1.54) is 0 Å². The van der Waals surface area contributed by atoms with Crippen molar-refractivity contribution in [3.05, 3.63) is 0 Å². The van der Waals surface area contributed by atoms with Crippen LogP contribution < -0.4 is 0 Å². The van der Waals surface area contributed by atoms with Crippen LogP contribution in [0.5, 0.6) is 0 Å². The molecule has 0 rings (SSSR count). The fourth-order valence-electron chi connectivity index (χ4n) is 0.315. The van der Waals surface area contributed by atoms with Crippen molar-refractivity contribution < 1.29 is 0 Å². The Hall–Kier alpha value is 0.505. The number of halogens is 2. The van der Waals surface area contributed by atoms with E-state index in [0.29, 0.717) is 12.7 Å². The van der Waals surface area contributed by atoms with E-state index in [9.17, 15) is 0 Å². The van der Waals surface area contributed by atoms with Crippen molar-refractivity contribution in [1.29, 1.82) is 0 Å². The Morgan fingerprint density at radius 3 is 2.38 bits per heavy atom. The Bertz CT molecular complexity index is 94.0. The second-order valence-corrected chi connectivity index (χ2v) is 2.92. The molecule has 1 nitrogen and oxygen atoms in total. The minimum Gasteiger partial charge on any atom is -0.339 e. The van der Waals surface area contributed by atoms with Crippen LogP contribution in [0.2, 0.25) is 13.6 Å². The lowest BCUT2D eigenvalue weighted by Crippen LogP contribution is -1.99. The number of hydrogen-bond donors (Lipinski definition) is 0. The molecule has 0 spiro atoms. The van der Waals surface area contributed by atoms with Gasteiger partial charge in [-0.15, -0.1) is 11.6 Å². The first-order chi connectivity index (χ1) is 3.66. The van der Waals surface area contributed by atoms with E-state index in [1.54, 1.807) is 0 Å². The highest BCUT2D eigenvalue weighted by Gasteiger charge is 1.94. The lowest BCUT2D eigenvalue weighted by molar-refractivity contribution is 1.69. The maximum absolute atomic E-state index is 5.42. The van der Waals surface area contributed by atoms with Crippen molar-refractivity contribution in [2.45, 2.75) is 13.6 Å². The predicted octanol–water partition coefficient (Wildman–Crippen LogP) is 2.27. The summed E-state index contributed by atoms with van der Waals surface area (Å²) < 4.78 is 0.828. The van der Waals surface area contributed by atoms with Gasteiger partial charge < -0.3 is 4.90 Å². The summed E-state index contributed by atoms with van der Waals surface area (Å²) in [6.45, 7) is 4.35. The van der Waals surface area contributed by atoms with Crippen LogP contribution in [0.15, 0.2) is 4.90 Å². The summed E-state index contributed by atoms with van der Waals surface area (Å²) in [7, 11) is 0. The highest BCUT2D eigenvalue weighted by molar-refractivity contribution is 9.18.